The molecule has 6 rings (SSSR count). The molecule has 51 heavy (non-hydrogen) atoms. The summed E-state index contributed by atoms with van der Waals surface area (Å²) in [5, 5.41) is 14.0. The Labute approximate surface area is 300 Å². The van der Waals surface area contributed by atoms with Crippen LogP contribution in [0.15, 0.2) is 86.0 Å². The zero-order valence-corrected chi connectivity index (χ0v) is 29.4. The van der Waals surface area contributed by atoms with Crippen molar-refractivity contribution in [2.75, 3.05) is 19.8 Å². The van der Waals surface area contributed by atoms with Gasteiger partial charge in [-0.1, -0.05) is 92.1 Å². The molecule has 0 unspecified atom stereocenters. The summed E-state index contributed by atoms with van der Waals surface area (Å²) in [7, 11) is 0. The number of nitrogens with zero attached hydrogens (tertiary/aromatic N) is 2. The normalized spacial score (nSPS) is 26.6. The van der Waals surface area contributed by atoms with Crippen LogP contribution >= 0.6 is 0 Å². The Hall–Kier alpha value is -4.28. The summed E-state index contributed by atoms with van der Waals surface area (Å²) in [5.74, 6) is -3.13. The molecule has 2 bridgehead atoms. The highest BCUT2D eigenvalue weighted by Gasteiger charge is 2.75. The van der Waals surface area contributed by atoms with Gasteiger partial charge in [0.2, 0.25) is 17.7 Å². The molecule has 1 spiro atoms. The van der Waals surface area contributed by atoms with Gasteiger partial charge in [-0.05, 0) is 49.7 Å². The van der Waals surface area contributed by atoms with Crippen molar-refractivity contribution in [1.29, 1.82) is 0 Å². The van der Waals surface area contributed by atoms with Gasteiger partial charge >= 0.3 is 5.97 Å². The van der Waals surface area contributed by atoms with E-state index >= 15 is 4.79 Å². The molecule has 3 aliphatic heterocycles. The summed E-state index contributed by atoms with van der Waals surface area (Å²) in [6.45, 7) is 7.51. The Kier molecular flexibility index (Phi) is 11.7. The molecular formula is C41H51N3O7. The van der Waals surface area contributed by atoms with Crippen molar-refractivity contribution in [3.8, 4) is 0 Å². The number of carbonyl (C=O) groups is 4. The number of hydrogen-bond acceptors (Lipinski definition) is 7. The van der Waals surface area contributed by atoms with E-state index in [1.165, 1.54) is 0 Å². The van der Waals surface area contributed by atoms with Crippen molar-refractivity contribution in [2.24, 2.45) is 11.8 Å². The van der Waals surface area contributed by atoms with E-state index in [0.717, 1.165) is 43.2 Å². The predicted molar refractivity (Wildman–Crippen MR) is 192 cm³/mol. The van der Waals surface area contributed by atoms with E-state index in [2.05, 4.69) is 18.5 Å². The number of amides is 3. The van der Waals surface area contributed by atoms with Gasteiger partial charge in [0, 0.05) is 19.0 Å². The van der Waals surface area contributed by atoms with Crippen molar-refractivity contribution in [2.45, 2.75) is 100 Å². The van der Waals surface area contributed by atoms with Crippen molar-refractivity contribution < 1.29 is 33.8 Å². The third-order valence-corrected chi connectivity index (χ3v) is 11.3. The Balaban J connectivity index is 1.33. The fourth-order valence-electron chi connectivity index (χ4n) is 8.95. The second kappa shape index (κ2) is 16.4. The van der Waals surface area contributed by atoms with Crippen LogP contribution < -0.4 is 5.32 Å². The standard InChI is InChI=1S/C41H51N3O7/c1-3-5-21-34(46)50-27-32(29-17-11-7-12-18-29)42-38(47)35-33-22-23-41(51-33)36(35)39(48)44(31(26-45)25-28-15-9-6-10-16-28)37(41)40(49)43(24-4-2)30-19-13-8-14-20-30/h3-4,6-7,9-12,15-18,30-33,35-37,45H,1-2,5,8,13-14,19-27H2,(H,42,47)/t31-,32-,33+,35-,36-,37+,41-/m1/s1. The Morgan fingerprint density at radius 1 is 1.02 bits per heavy atom. The SMILES string of the molecule is C=CCCC(=O)OC[C@@H](NC(=O)[C@@H]1[C@@H]2CC[C@]3(O2)[C@H](C(=O)N(CC=C)C2CCCCC2)N([C@@H](CO)Cc2ccccc2)C(=O)[C@@H]13)c1ccccc1. The molecule has 0 radical (unpaired) electrons. The Morgan fingerprint density at radius 3 is 2.39 bits per heavy atom. The number of benzene rings is 2. The minimum Gasteiger partial charge on any atom is -0.463 e. The summed E-state index contributed by atoms with van der Waals surface area (Å²) in [6, 6.07) is 16.5. The fourth-order valence-corrected chi connectivity index (χ4v) is 8.95. The molecular weight excluding hydrogens is 646 g/mol. The lowest BCUT2D eigenvalue weighted by Crippen LogP contribution is -2.60. The van der Waals surface area contributed by atoms with Crippen LogP contribution in [0.3, 0.4) is 0 Å². The number of hydrogen-bond donors (Lipinski definition) is 2. The van der Waals surface area contributed by atoms with Crippen LogP contribution in [0.4, 0.5) is 0 Å². The molecule has 272 valence electrons. The van der Waals surface area contributed by atoms with Gasteiger partial charge in [-0.25, -0.2) is 0 Å². The van der Waals surface area contributed by atoms with Crippen LogP contribution in [0.25, 0.3) is 0 Å². The molecule has 2 N–H and O–H groups in total. The average Bonchev–Trinajstić information content (AvgIpc) is 3.81. The summed E-state index contributed by atoms with van der Waals surface area (Å²) >= 11 is 0. The second-order valence-electron chi connectivity index (χ2n) is 14.4. The fraction of sp³-hybridized carbons (Fsp3) is 0.512. The van der Waals surface area contributed by atoms with Gasteiger partial charge in [0.25, 0.3) is 0 Å². The molecule has 4 fully saturated rings. The van der Waals surface area contributed by atoms with Crippen molar-refractivity contribution in [1.82, 2.24) is 15.1 Å². The van der Waals surface area contributed by atoms with E-state index < -0.39 is 47.6 Å². The molecule has 10 heteroatoms. The highest BCUT2D eigenvalue weighted by atomic mass is 16.5. The number of likely N-dealkylation sites (tertiary alicyclic amines) is 1. The van der Waals surface area contributed by atoms with Gasteiger partial charge in [0.1, 0.15) is 18.2 Å². The highest BCUT2D eigenvalue weighted by Crippen LogP contribution is 2.59. The van der Waals surface area contributed by atoms with Gasteiger partial charge < -0.3 is 29.7 Å². The number of esters is 1. The first kappa shape index (κ1) is 36.5. The van der Waals surface area contributed by atoms with Gasteiger partial charge in [-0.2, -0.15) is 0 Å². The lowest BCUT2D eigenvalue weighted by molar-refractivity contribution is -0.153. The number of aliphatic hydroxyl groups is 1. The van der Waals surface area contributed by atoms with Crippen LogP contribution in [0.2, 0.25) is 0 Å². The van der Waals surface area contributed by atoms with Crippen LogP contribution in [0, 0.1) is 11.8 Å². The molecule has 3 saturated heterocycles. The molecule has 4 aliphatic rings. The quantitative estimate of drug-likeness (QED) is 0.193. The van der Waals surface area contributed by atoms with Crippen molar-refractivity contribution in [3.05, 3.63) is 97.1 Å². The Morgan fingerprint density at radius 2 is 1.73 bits per heavy atom. The van der Waals surface area contributed by atoms with E-state index in [-0.39, 0.29) is 43.4 Å². The third kappa shape index (κ3) is 7.39. The minimum atomic E-state index is -1.22. The number of nitrogens with one attached hydrogen (secondary N) is 1. The predicted octanol–water partition coefficient (Wildman–Crippen LogP) is 4.68. The summed E-state index contributed by atoms with van der Waals surface area (Å²) in [6.07, 6.45) is 9.69. The topological polar surface area (TPSA) is 125 Å². The number of aliphatic hydroxyl groups excluding tert-OH is 1. The molecule has 0 aromatic heterocycles. The second-order valence-corrected chi connectivity index (χ2v) is 14.4. The average molecular weight is 698 g/mol. The summed E-state index contributed by atoms with van der Waals surface area (Å²) in [5.41, 5.74) is 0.454. The summed E-state index contributed by atoms with van der Waals surface area (Å²) in [4.78, 5) is 60.2. The Bertz CT molecular complexity index is 1560. The van der Waals surface area contributed by atoms with Gasteiger partial charge in [0.15, 0.2) is 0 Å². The molecule has 3 amide bonds. The molecule has 1 saturated carbocycles. The number of rotatable bonds is 16. The molecule has 1 aliphatic carbocycles. The maximum Gasteiger partial charge on any atom is 0.306 e. The number of allylic oxidation sites excluding steroid dienone is 1. The molecule has 10 nitrogen and oxygen atoms in total. The number of carbonyl (C=O) groups excluding carboxylic acids is 4. The maximum atomic E-state index is 15.0. The lowest BCUT2D eigenvalue weighted by atomic mass is 9.70. The summed E-state index contributed by atoms with van der Waals surface area (Å²) < 4.78 is 12.3. The first-order chi connectivity index (χ1) is 24.8. The monoisotopic (exact) mass is 697 g/mol. The van der Waals surface area contributed by atoms with E-state index in [1.54, 1.807) is 17.1 Å². The van der Waals surface area contributed by atoms with Crippen LogP contribution in [-0.2, 0) is 35.1 Å². The third-order valence-electron chi connectivity index (χ3n) is 11.3. The molecule has 2 aromatic carbocycles. The first-order valence-corrected chi connectivity index (χ1v) is 18.5. The van der Waals surface area contributed by atoms with Gasteiger partial charge in [-0.3, -0.25) is 19.2 Å². The smallest absolute Gasteiger partial charge is 0.306 e. The zero-order valence-electron chi connectivity index (χ0n) is 29.4. The minimum absolute atomic E-state index is 0.0110. The van der Waals surface area contributed by atoms with Crippen LogP contribution in [0.1, 0.15) is 75.0 Å². The largest absolute Gasteiger partial charge is 0.463 e. The molecule has 2 aromatic rings. The van der Waals surface area contributed by atoms with Crippen LogP contribution in [0.5, 0.6) is 0 Å². The van der Waals surface area contributed by atoms with Gasteiger partial charge in [0.05, 0.1) is 36.6 Å². The van der Waals surface area contributed by atoms with E-state index in [0.29, 0.717) is 32.2 Å². The number of ether oxygens (including phenoxy) is 2. The van der Waals surface area contributed by atoms with Crippen molar-refractivity contribution in [3.63, 3.8) is 0 Å². The maximum absolute atomic E-state index is 15.0. The number of fused-ring (bicyclic) bond motifs is 1. The zero-order chi connectivity index (χ0) is 36.0. The van der Waals surface area contributed by atoms with Crippen LogP contribution in [-0.4, -0.2) is 88.2 Å². The molecule has 7 atom stereocenters. The van der Waals surface area contributed by atoms with E-state index in [9.17, 15) is 19.5 Å². The van der Waals surface area contributed by atoms with E-state index in [1.807, 2.05) is 65.6 Å². The molecule has 3 heterocycles. The lowest BCUT2D eigenvalue weighted by Gasteiger charge is -2.42. The van der Waals surface area contributed by atoms with Crippen molar-refractivity contribution >= 4 is 23.7 Å². The highest BCUT2D eigenvalue weighted by molar-refractivity contribution is 5.99. The van der Waals surface area contributed by atoms with Gasteiger partial charge in [-0.15, -0.1) is 13.2 Å². The van der Waals surface area contributed by atoms with E-state index in [4.69, 9.17) is 9.47 Å². The first-order valence-electron chi connectivity index (χ1n) is 18.5.